The molecule has 0 aliphatic carbocycles. The van der Waals surface area contributed by atoms with Gasteiger partial charge in [0.2, 0.25) is 11.8 Å². The summed E-state index contributed by atoms with van der Waals surface area (Å²) >= 11 is 3.26. The molecule has 14 nitrogen and oxygen atoms in total. The number of aromatic nitrogens is 6. The predicted octanol–water partition coefficient (Wildman–Crippen LogP) is 8.71. The van der Waals surface area contributed by atoms with Crippen LogP contribution in [0.5, 0.6) is 0 Å². The molecular formula is C51H53N9O5S2. The molecule has 0 saturated carbocycles. The molecule has 6 heterocycles. The van der Waals surface area contributed by atoms with Gasteiger partial charge in [-0.3, -0.25) is 28.6 Å². The zero-order chi connectivity index (χ0) is 47.3. The molecular weight excluding hydrogens is 883 g/mol. The molecule has 344 valence electrons. The van der Waals surface area contributed by atoms with Gasteiger partial charge >= 0.3 is 5.97 Å². The first kappa shape index (κ1) is 45.5. The molecule has 67 heavy (non-hydrogen) atoms. The van der Waals surface area contributed by atoms with Crippen molar-refractivity contribution in [1.82, 2.24) is 39.7 Å². The van der Waals surface area contributed by atoms with Crippen molar-refractivity contribution in [3.05, 3.63) is 135 Å². The molecule has 1 fully saturated rings. The normalized spacial score (nSPS) is 17.7. The summed E-state index contributed by atoms with van der Waals surface area (Å²) in [6.45, 7) is 14.0. The third kappa shape index (κ3) is 8.76. The number of thiophene rings is 1. The molecule has 2 aliphatic rings. The molecule has 2 amide bonds. The Balaban J connectivity index is 0.902. The van der Waals surface area contributed by atoms with Crippen LogP contribution in [-0.2, 0) is 19.1 Å². The number of aliphatic imine (C=N–C) groups is 1. The minimum absolute atomic E-state index is 0.0379. The molecule has 0 bridgehead atoms. The number of hydrogen-bond acceptors (Lipinski definition) is 12. The minimum atomic E-state index is -0.820. The molecule has 7 aromatic rings. The summed E-state index contributed by atoms with van der Waals surface area (Å²) in [6, 6.07) is 22.2. The monoisotopic (exact) mass is 935 g/mol. The Hall–Kier alpha value is -6.62. The number of benzene rings is 3. The molecule has 4 aromatic heterocycles. The van der Waals surface area contributed by atoms with Crippen LogP contribution < -0.4 is 5.32 Å². The number of ether oxygens (including phenoxy) is 1. The maximum Gasteiger partial charge on any atom is 0.308 e. The first-order valence-electron chi connectivity index (χ1n) is 22.4. The summed E-state index contributed by atoms with van der Waals surface area (Å²) in [4.78, 5) is 54.2. The van der Waals surface area contributed by atoms with Gasteiger partial charge in [0.05, 0.1) is 53.7 Å². The molecule has 16 heteroatoms. The van der Waals surface area contributed by atoms with Crippen molar-refractivity contribution in [1.29, 1.82) is 0 Å². The van der Waals surface area contributed by atoms with Gasteiger partial charge in [0.25, 0.3) is 0 Å². The second kappa shape index (κ2) is 18.6. The highest BCUT2D eigenvalue weighted by Crippen LogP contribution is 2.40. The van der Waals surface area contributed by atoms with Crippen molar-refractivity contribution in [3.63, 3.8) is 0 Å². The fourth-order valence-corrected chi connectivity index (χ4v) is 11.2. The van der Waals surface area contributed by atoms with Gasteiger partial charge in [0.15, 0.2) is 5.82 Å². The predicted molar refractivity (Wildman–Crippen MR) is 260 cm³/mol. The Bertz CT molecular complexity index is 3000. The van der Waals surface area contributed by atoms with Crippen molar-refractivity contribution < 1.29 is 24.2 Å². The largest absolute Gasteiger partial charge is 0.469 e. The third-order valence-corrected chi connectivity index (χ3v) is 15.1. The van der Waals surface area contributed by atoms with Gasteiger partial charge in [-0.25, -0.2) is 4.98 Å². The highest BCUT2D eigenvalue weighted by Gasteiger charge is 2.43. The number of rotatable bonds is 12. The number of carbonyl (C=O) groups excluding carboxylic acids is 3. The van der Waals surface area contributed by atoms with Crippen LogP contribution >= 0.6 is 22.7 Å². The Morgan fingerprint density at radius 2 is 1.51 bits per heavy atom. The highest BCUT2D eigenvalue weighted by molar-refractivity contribution is 7.15. The molecule has 2 aliphatic heterocycles. The van der Waals surface area contributed by atoms with E-state index in [1.807, 2.05) is 87.3 Å². The maximum absolute atomic E-state index is 14.4. The van der Waals surface area contributed by atoms with E-state index in [2.05, 4.69) is 75.8 Å². The summed E-state index contributed by atoms with van der Waals surface area (Å²) in [5.41, 5.74) is 12.5. The number of methoxy groups -OCH3 is 1. The topological polar surface area (TPSA) is 170 Å². The third-order valence-electron chi connectivity index (χ3n) is 12.9. The van der Waals surface area contributed by atoms with Crippen LogP contribution in [0.1, 0.15) is 96.2 Å². The van der Waals surface area contributed by atoms with E-state index in [0.717, 1.165) is 77.2 Å². The zero-order valence-electron chi connectivity index (χ0n) is 38.7. The number of thiazole rings is 1. The number of nitrogens with zero attached hydrogens (tertiary/aromatic N) is 8. The minimum Gasteiger partial charge on any atom is -0.469 e. The van der Waals surface area contributed by atoms with Gasteiger partial charge in [-0.2, -0.15) is 5.10 Å². The van der Waals surface area contributed by atoms with E-state index >= 15 is 0 Å². The van der Waals surface area contributed by atoms with Crippen LogP contribution in [0, 0.1) is 33.6 Å². The summed E-state index contributed by atoms with van der Waals surface area (Å²) in [7, 11) is 1.38. The number of aliphatic hydroxyl groups excluding tert-OH is 1. The molecule has 9 rings (SSSR count). The summed E-state index contributed by atoms with van der Waals surface area (Å²) in [5.74, 6) is 0.252. The van der Waals surface area contributed by atoms with Crippen LogP contribution in [0.2, 0.25) is 0 Å². The fraction of sp³-hybridized carbons (Fsp3) is 0.333. The number of aliphatic hydroxyl groups is 1. The van der Waals surface area contributed by atoms with E-state index in [9.17, 15) is 19.5 Å². The number of β-amino-alcohol motifs (C(OH)–C–C–N with tert-alkyl or cyclic N) is 1. The Kier molecular flexibility index (Phi) is 12.6. The fourth-order valence-electron chi connectivity index (χ4n) is 9.16. The average molecular weight is 936 g/mol. The zero-order valence-corrected chi connectivity index (χ0v) is 40.4. The number of nitrogens with one attached hydrogen (secondary N) is 1. The van der Waals surface area contributed by atoms with Crippen LogP contribution in [-0.4, -0.2) is 88.8 Å². The Morgan fingerprint density at radius 3 is 2.13 bits per heavy atom. The Morgan fingerprint density at radius 1 is 0.866 bits per heavy atom. The number of likely N-dealkylation sites (tertiary alicyclic amines) is 1. The number of amides is 2. The van der Waals surface area contributed by atoms with Gasteiger partial charge < -0.3 is 20.1 Å². The molecule has 3 aromatic carbocycles. The highest BCUT2D eigenvalue weighted by atomic mass is 32.1. The Labute approximate surface area is 397 Å². The lowest BCUT2D eigenvalue weighted by Crippen LogP contribution is -2.49. The maximum atomic E-state index is 14.4. The quantitative estimate of drug-likeness (QED) is 0.114. The van der Waals surface area contributed by atoms with Gasteiger partial charge in [0, 0.05) is 40.7 Å². The van der Waals surface area contributed by atoms with E-state index in [0.29, 0.717) is 5.82 Å². The van der Waals surface area contributed by atoms with Gasteiger partial charge in [-0.05, 0) is 73.9 Å². The second-order valence-electron chi connectivity index (χ2n) is 17.7. The second-order valence-corrected chi connectivity index (χ2v) is 19.8. The summed E-state index contributed by atoms with van der Waals surface area (Å²) in [6.07, 6.45) is 3.00. The first-order chi connectivity index (χ1) is 32.2. The van der Waals surface area contributed by atoms with Gasteiger partial charge in [-0.15, -0.1) is 32.9 Å². The average Bonchev–Trinajstić information content (AvgIpc) is 4.17. The standard InChI is InChI=1S/C51H53N9O5S2/c1-27(2)46(50(64)58-25-40(61)21-42(58)49(63)54-29(4)33-9-19-38(20-10-33)47-30(5)52-26-66-47)59-24-39(23-53-59)36-13-11-34(12-14-36)35-15-17-37(18-16-35)45-44-28(3)31(6)67-51(44)60-32(7)56-57-48(60)41(55-45)22-43(62)65-8/h9-20,23-24,26-27,29,40-42,46,61H,21-22,25H2,1-8H3,(H,54,63)/t29-,40+,41-,42-,46?/m0/s1. The number of fused-ring (bicyclic) bond motifs is 3. The van der Waals surface area contributed by atoms with E-state index in [1.165, 1.54) is 16.9 Å². The molecule has 1 saturated heterocycles. The van der Waals surface area contributed by atoms with Crippen LogP contribution in [0.3, 0.4) is 0 Å². The van der Waals surface area contributed by atoms with Crippen LogP contribution in [0.15, 0.2) is 95.7 Å². The number of esters is 1. The summed E-state index contributed by atoms with van der Waals surface area (Å²) in [5, 5.41) is 28.4. The molecule has 1 unspecified atom stereocenters. The molecule has 0 spiro atoms. The SMILES string of the molecule is COC(=O)C[C@@H]1N=C(c2ccc(-c3ccc(-c4cnn(C(C(=O)N5C[C@H](O)C[C@H]5C(=O)N[C@@H](C)c5ccc(-c6scnc6C)cc5)C(C)C)c4)cc3)cc2)c2c(sc(C)c2C)-n2c(C)nnc21. The lowest BCUT2D eigenvalue weighted by atomic mass is 9.96. The van der Waals surface area contributed by atoms with E-state index in [1.54, 1.807) is 33.6 Å². The number of carbonyl (C=O) groups is 3. The van der Waals surface area contributed by atoms with Crippen molar-refractivity contribution >= 4 is 46.2 Å². The van der Waals surface area contributed by atoms with Gasteiger partial charge in [-0.1, -0.05) is 86.6 Å². The number of aryl methyl sites for hydroxylation is 3. The lowest BCUT2D eigenvalue weighted by Gasteiger charge is -2.30. The number of hydrogen-bond donors (Lipinski definition) is 2. The van der Waals surface area contributed by atoms with Crippen LogP contribution in [0.25, 0.3) is 37.7 Å². The molecule has 2 N–H and O–H groups in total. The van der Waals surface area contributed by atoms with Crippen molar-refractivity contribution in [2.75, 3.05) is 13.7 Å². The molecule has 5 atom stereocenters. The molecule has 0 radical (unpaired) electrons. The van der Waals surface area contributed by atoms with E-state index in [-0.39, 0.29) is 49.1 Å². The van der Waals surface area contributed by atoms with E-state index in [4.69, 9.17) is 9.73 Å². The van der Waals surface area contributed by atoms with Crippen molar-refractivity contribution in [3.8, 4) is 37.7 Å². The lowest BCUT2D eigenvalue weighted by molar-refractivity contribution is -0.142. The summed E-state index contributed by atoms with van der Waals surface area (Å²) < 4.78 is 8.76. The van der Waals surface area contributed by atoms with Crippen LogP contribution in [0.4, 0.5) is 0 Å². The van der Waals surface area contributed by atoms with Gasteiger partial charge in [0.1, 0.15) is 29.0 Å². The van der Waals surface area contributed by atoms with Crippen molar-refractivity contribution in [2.45, 2.75) is 91.6 Å². The van der Waals surface area contributed by atoms with E-state index < -0.39 is 24.2 Å². The smallest absolute Gasteiger partial charge is 0.308 e. The van der Waals surface area contributed by atoms with Crippen molar-refractivity contribution in [2.24, 2.45) is 10.9 Å². The first-order valence-corrected chi connectivity index (χ1v) is 24.1.